The summed E-state index contributed by atoms with van der Waals surface area (Å²) < 4.78 is 38.9. The van der Waals surface area contributed by atoms with E-state index in [9.17, 15) is 13.2 Å². The highest BCUT2D eigenvalue weighted by atomic mass is 19.4. The number of para-hydroxylation sites is 1. The molecule has 2 nitrogen and oxygen atoms in total. The van der Waals surface area contributed by atoms with Crippen LogP contribution in [0.1, 0.15) is 18.0 Å². The fourth-order valence-electron chi connectivity index (χ4n) is 2.44. The Balaban J connectivity index is 2.00. The molecule has 1 aliphatic rings. The quantitative estimate of drug-likeness (QED) is 0.792. The van der Waals surface area contributed by atoms with E-state index >= 15 is 0 Å². The highest BCUT2D eigenvalue weighted by Crippen LogP contribution is 2.38. The fourth-order valence-corrected chi connectivity index (χ4v) is 2.44. The molecule has 0 radical (unpaired) electrons. The van der Waals surface area contributed by atoms with Gasteiger partial charge in [0, 0.05) is 6.42 Å². The second-order valence-electron chi connectivity index (χ2n) is 4.86. The lowest BCUT2D eigenvalue weighted by Gasteiger charge is -2.23. The third-order valence-electron chi connectivity index (χ3n) is 3.44. The van der Waals surface area contributed by atoms with Crippen LogP contribution in [-0.4, -0.2) is 11.9 Å². The summed E-state index contributed by atoms with van der Waals surface area (Å²) in [5.74, 6) is 0. The highest BCUT2D eigenvalue weighted by Gasteiger charge is 2.43. The van der Waals surface area contributed by atoms with Crippen molar-refractivity contribution in [1.29, 1.82) is 0 Å². The van der Waals surface area contributed by atoms with Gasteiger partial charge in [0.2, 0.25) is 0 Å². The second-order valence-corrected chi connectivity index (χ2v) is 4.86. The normalized spacial score (nSPS) is 18.7. The monoisotopic (exact) mass is 290 g/mol. The molecule has 0 spiro atoms. The molecule has 1 aliphatic heterocycles. The average molecular weight is 290 g/mol. The number of rotatable bonds is 2. The summed E-state index contributed by atoms with van der Waals surface area (Å²) >= 11 is 0. The topological polar surface area (TPSA) is 15.6 Å². The minimum atomic E-state index is -4.39. The number of anilines is 1. The highest BCUT2D eigenvalue weighted by molar-refractivity contribution is 5.93. The van der Waals surface area contributed by atoms with Gasteiger partial charge in [-0.15, -0.1) is 0 Å². The van der Waals surface area contributed by atoms with Crippen LogP contribution in [0.3, 0.4) is 0 Å². The lowest BCUT2D eigenvalue weighted by molar-refractivity contribution is -0.0600. The lowest BCUT2D eigenvalue weighted by Crippen LogP contribution is -2.21. The van der Waals surface area contributed by atoms with E-state index in [1.165, 1.54) is 5.01 Å². The predicted molar refractivity (Wildman–Crippen MR) is 76.2 cm³/mol. The van der Waals surface area contributed by atoms with Gasteiger partial charge in [-0.05, 0) is 17.7 Å². The third kappa shape index (κ3) is 2.77. The van der Waals surface area contributed by atoms with Crippen LogP contribution in [0, 0.1) is 0 Å². The maximum Gasteiger partial charge on any atom is 0.431 e. The van der Waals surface area contributed by atoms with E-state index in [4.69, 9.17) is 0 Å². The van der Waals surface area contributed by atoms with Gasteiger partial charge in [-0.3, -0.25) is 5.01 Å². The van der Waals surface area contributed by atoms with Crippen molar-refractivity contribution in [1.82, 2.24) is 0 Å². The third-order valence-corrected chi connectivity index (χ3v) is 3.44. The largest absolute Gasteiger partial charge is 0.431 e. The van der Waals surface area contributed by atoms with Gasteiger partial charge in [0.1, 0.15) is 5.71 Å². The molecular weight excluding hydrogens is 277 g/mol. The molecule has 3 rings (SSSR count). The molecule has 2 aromatic rings. The van der Waals surface area contributed by atoms with Gasteiger partial charge in [-0.25, -0.2) is 0 Å². The van der Waals surface area contributed by atoms with Crippen molar-refractivity contribution < 1.29 is 13.2 Å². The molecule has 5 heteroatoms. The molecule has 1 heterocycles. The first-order valence-electron chi connectivity index (χ1n) is 6.59. The van der Waals surface area contributed by atoms with E-state index in [0.29, 0.717) is 5.69 Å². The lowest BCUT2D eigenvalue weighted by atomic mass is 10.0. The molecule has 0 aromatic heterocycles. The van der Waals surface area contributed by atoms with E-state index < -0.39 is 17.9 Å². The molecule has 108 valence electrons. The number of alkyl halides is 3. The molecular formula is C16H13F3N2. The van der Waals surface area contributed by atoms with Gasteiger partial charge in [-0.2, -0.15) is 18.3 Å². The van der Waals surface area contributed by atoms with Crippen LogP contribution >= 0.6 is 0 Å². The van der Waals surface area contributed by atoms with Crippen molar-refractivity contribution in [2.45, 2.75) is 18.6 Å². The molecule has 1 atom stereocenters. The molecule has 0 amide bonds. The first kappa shape index (κ1) is 13.7. The fraction of sp³-hybridized carbons (Fsp3) is 0.188. The molecule has 0 saturated heterocycles. The Morgan fingerprint density at radius 3 is 2.05 bits per heavy atom. The predicted octanol–water partition coefficient (Wildman–Crippen LogP) is 4.56. The zero-order chi connectivity index (χ0) is 14.9. The zero-order valence-electron chi connectivity index (χ0n) is 11.1. The van der Waals surface area contributed by atoms with E-state index in [-0.39, 0.29) is 6.42 Å². The van der Waals surface area contributed by atoms with Crippen molar-refractivity contribution in [2.75, 3.05) is 5.01 Å². The SMILES string of the molecule is FC(F)(F)C1=NN(c2ccccc2)[C@@H](c2ccccc2)C1. The van der Waals surface area contributed by atoms with Crippen LogP contribution in [0.15, 0.2) is 65.8 Å². The molecule has 0 saturated carbocycles. The summed E-state index contributed by atoms with van der Waals surface area (Å²) in [7, 11) is 0. The van der Waals surface area contributed by atoms with E-state index in [2.05, 4.69) is 5.10 Å². The van der Waals surface area contributed by atoms with Gasteiger partial charge < -0.3 is 0 Å². The first-order valence-corrected chi connectivity index (χ1v) is 6.59. The number of nitrogens with zero attached hydrogens (tertiary/aromatic N) is 2. The molecule has 0 bridgehead atoms. The van der Waals surface area contributed by atoms with Crippen LogP contribution in [-0.2, 0) is 0 Å². The standard InChI is InChI=1S/C16H13F3N2/c17-16(18,19)15-11-14(12-7-3-1-4-8-12)21(20-15)13-9-5-2-6-10-13/h1-10,14H,11H2/t14-/m1/s1. The van der Waals surface area contributed by atoms with Gasteiger partial charge in [0.05, 0.1) is 11.7 Å². The number of benzene rings is 2. The summed E-state index contributed by atoms with van der Waals surface area (Å²) in [6.45, 7) is 0. The van der Waals surface area contributed by atoms with Crippen molar-refractivity contribution in [3.05, 3.63) is 66.2 Å². The number of hydrazone groups is 1. The Morgan fingerprint density at radius 1 is 0.905 bits per heavy atom. The molecule has 0 N–H and O–H groups in total. The average Bonchev–Trinajstić information content (AvgIpc) is 2.94. The summed E-state index contributed by atoms with van der Waals surface area (Å²) in [6, 6.07) is 17.7. The summed E-state index contributed by atoms with van der Waals surface area (Å²) in [4.78, 5) is 0. The smallest absolute Gasteiger partial charge is 0.257 e. The summed E-state index contributed by atoms with van der Waals surface area (Å²) in [6.07, 6.45) is -4.53. The van der Waals surface area contributed by atoms with Crippen molar-refractivity contribution in [2.24, 2.45) is 5.10 Å². The molecule has 2 aromatic carbocycles. The minimum absolute atomic E-state index is 0.137. The summed E-state index contributed by atoms with van der Waals surface area (Å²) in [5.41, 5.74) is 0.746. The zero-order valence-corrected chi connectivity index (χ0v) is 11.1. The Morgan fingerprint density at radius 2 is 1.48 bits per heavy atom. The Labute approximate surface area is 120 Å². The molecule has 0 unspecified atom stereocenters. The van der Waals surface area contributed by atoms with E-state index in [0.717, 1.165) is 5.56 Å². The maximum absolute atomic E-state index is 13.0. The Bertz CT molecular complexity index is 636. The van der Waals surface area contributed by atoms with Crippen LogP contribution in [0.25, 0.3) is 0 Å². The van der Waals surface area contributed by atoms with Gasteiger partial charge >= 0.3 is 6.18 Å². The van der Waals surface area contributed by atoms with Crippen LogP contribution in [0.5, 0.6) is 0 Å². The summed E-state index contributed by atoms with van der Waals surface area (Å²) in [5, 5.41) is 5.27. The van der Waals surface area contributed by atoms with Crippen LogP contribution < -0.4 is 5.01 Å². The number of halogens is 3. The van der Waals surface area contributed by atoms with Gasteiger partial charge in [0.15, 0.2) is 0 Å². The molecule has 21 heavy (non-hydrogen) atoms. The second kappa shape index (κ2) is 5.24. The first-order chi connectivity index (χ1) is 10.1. The maximum atomic E-state index is 13.0. The van der Waals surface area contributed by atoms with Crippen LogP contribution in [0.2, 0.25) is 0 Å². The van der Waals surface area contributed by atoms with E-state index in [1.54, 1.807) is 24.3 Å². The van der Waals surface area contributed by atoms with Crippen molar-refractivity contribution in [3.8, 4) is 0 Å². The van der Waals surface area contributed by atoms with E-state index in [1.807, 2.05) is 36.4 Å². The van der Waals surface area contributed by atoms with Gasteiger partial charge in [-0.1, -0.05) is 48.5 Å². The minimum Gasteiger partial charge on any atom is -0.257 e. The Hall–Kier alpha value is -2.30. The number of hydrogen-bond donors (Lipinski definition) is 0. The van der Waals surface area contributed by atoms with Gasteiger partial charge in [0.25, 0.3) is 0 Å². The van der Waals surface area contributed by atoms with Crippen molar-refractivity contribution in [3.63, 3.8) is 0 Å². The van der Waals surface area contributed by atoms with Crippen LogP contribution in [0.4, 0.5) is 18.9 Å². The van der Waals surface area contributed by atoms with Crippen molar-refractivity contribution >= 4 is 11.4 Å². The molecule has 0 aliphatic carbocycles. The molecule has 0 fully saturated rings. The Kier molecular flexibility index (Phi) is 3.41. The number of hydrogen-bond acceptors (Lipinski definition) is 2.